The number of nitriles is 1. The average Bonchev–Trinajstić information content (AvgIpc) is 2.43. The first kappa shape index (κ1) is 13.1. The van der Waals surface area contributed by atoms with E-state index in [2.05, 4.69) is 5.32 Å². The second kappa shape index (κ2) is 5.55. The molecular formula is C15H11ClN2O. The van der Waals surface area contributed by atoms with Gasteiger partial charge in [0.05, 0.1) is 11.6 Å². The third-order valence-corrected chi connectivity index (χ3v) is 3.11. The van der Waals surface area contributed by atoms with Crippen LogP contribution < -0.4 is 5.32 Å². The quantitative estimate of drug-likeness (QED) is 0.903. The molecule has 0 fully saturated rings. The lowest BCUT2D eigenvalue weighted by molar-refractivity contribution is 0.102. The van der Waals surface area contributed by atoms with Gasteiger partial charge in [0.15, 0.2) is 0 Å². The standard InChI is InChI=1S/C15H11ClN2O/c1-10-2-7-13(8-14(10)16)18-15(19)12-5-3-11(9-17)4-6-12/h2-8H,1H3,(H,18,19). The Kier molecular flexibility index (Phi) is 3.84. The lowest BCUT2D eigenvalue weighted by Gasteiger charge is -2.07. The first-order valence-corrected chi connectivity index (χ1v) is 6.05. The Morgan fingerprint density at radius 1 is 1.21 bits per heavy atom. The van der Waals surface area contributed by atoms with E-state index in [1.54, 1.807) is 36.4 Å². The fraction of sp³-hybridized carbons (Fsp3) is 0.0667. The topological polar surface area (TPSA) is 52.9 Å². The van der Waals surface area contributed by atoms with E-state index >= 15 is 0 Å². The van der Waals surface area contributed by atoms with E-state index in [9.17, 15) is 4.79 Å². The molecular weight excluding hydrogens is 260 g/mol. The lowest BCUT2D eigenvalue weighted by atomic mass is 10.1. The third kappa shape index (κ3) is 3.12. The molecule has 0 bridgehead atoms. The van der Waals surface area contributed by atoms with E-state index in [4.69, 9.17) is 16.9 Å². The van der Waals surface area contributed by atoms with Crippen molar-refractivity contribution in [3.05, 3.63) is 64.2 Å². The van der Waals surface area contributed by atoms with Gasteiger partial charge in [0.1, 0.15) is 0 Å². The van der Waals surface area contributed by atoms with Crippen molar-refractivity contribution in [3.8, 4) is 6.07 Å². The van der Waals surface area contributed by atoms with Crippen LogP contribution in [0.5, 0.6) is 0 Å². The molecule has 1 amide bonds. The van der Waals surface area contributed by atoms with Crippen LogP contribution in [-0.4, -0.2) is 5.91 Å². The van der Waals surface area contributed by atoms with Gasteiger partial charge in [-0.2, -0.15) is 5.26 Å². The number of carbonyl (C=O) groups is 1. The number of carbonyl (C=O) groups excluding carboxylic acids is 1. The van der Waals surface area contributed by atoms with E-state index in [-0.39, 0.29) is 5.91 Å². The van der Waals surface area contributed by atoms with Crippen LogP contribution in [-0.2, 0) is 0 Å². The zero-order chi connectivity index (χ0) is 13.8. The summed E-state index contributed by atoms with van der Waals surface area (Å²) < 4.78 is 0. The number of anilines is 1. The highest BCUT2D eigenvalue weighted by molar-refractivity contribution is 6.31. The van der Waals surface area contributed by atoms with Crippen LogP contribution in [0.4, 0.5) is 5.69 Å². The van der Waals surface area contributed by atoms with Crippen molar-refractivity contribution >= 4 is 23.2 Å². The van der Waals surface area contributed by atoms with Gasteiger partial charge in [0.25, 0.3) is 5.91 Å². The number of hydrogen-bond donors (Lipinski definition) is 1. The minimum Gasteiger partial charge on any atom is -0.322 e. The molecule has 0 aliphatic carbocycles. The molecule has 0 radical (unpaired) electrons. The molecule has 0 saturated carbocycles. The Balaban J connectivity index is 2.16. The van der Waals surface area contributed by atoms with Gasteiger partial charge in [-0.1, -0.05) is 17.7 Å². The molecule has 2 aromatic carbocycles. The van der Waals surface area contributed by atoms with Gasteiger partial charge in [0.2, 0.25) is 0 Å². The summed E-state index contributed by atoms with van der Waals surface area (Å²) in [5.41, 5.74) is 2.62. The smallest absolute Gasteiger partial charge is 0.255 e. The van der Waals surface area contributed by atoms with Gasteiger partial charge >= 0.3 is 0 Å². The highest BCUT2D eigenvalue weighted by Gasteiger charge is 2.06. The lowest BCUT2D eigenvalue weighted by Crippen LogP contribution is -2.11. The number of hydrogen-bond acceptors (Lipinski definition) is 2. The van der Waals surface area contributed by atoms with E-state index < -0.39 is 0 Å². The summed E-state index contributed by atoms with van der Waals surface area (Å²) in [5, 5.41) is 12.1. The predicted octanol–water partition coefficient (Wildman–Crippen LogP) is 3.77. The van der Waals surface area contributed by atoms with Crippen LogP contribution in [0.25, 0.3) is 0 Å². The maximum atomic E-state index is 12.0. The van der Waals surface area contributed by atoms with Crippen LogP contribution in [0.2, 0.25) is 5.02 Å². The summed E-state index contributed by atoms with van der Waals surface area (Å²) >= 11 is 6.00. The largest absolute Gasteiger partial charge is 0.322 e. The maximum absolute atomic E-state index is 12.0. The summed E-state index contributed by atoms with van der Waals surface area (Å²) in [4.78, 5) is 12.0. The van der Waals surface area contributed by atoms with Gasteiger partial charge in [-0.3, -0.25) is 4.79 Å². The van der Waals surface area contributed by atoms with Crippen LogP contribution in [0.15, 0.2) is 42.5 Å². The van der Waals surface area contributed by atoms with Gasteiger partial charge in [-0.05, 0) is 48.9 Å². The first-order chi connectivity index (χ1) is 9.10. The SMILES string of the molecule is Cc1ccc(NC(=O)c2ccc(C#N)cc2)cc1Cl. The minimum atomic E-state index is -0.232. The van der Waals surface area contributed by atoms with E-state index in [1.165, 1.54) is 0 Å². The summed E-state index contributed by atoms with van der Waals surface area (Å²) in [5.74, 6) is -0.232. The second-order valence-corrected chi connectivity index (χ2v) is 4.51. The number of nitrogens with one attached hydrogen (secondary N) is 1. The van der Waals surface area contributed by atoms with Gasteiger partial charge in [-0.25, -0.2) is 0 Å². The van der Waals surface area contributed by atoms with Gasteiger partial charge < -0.3 is 5.32 Å². The number of amides is 1. The van der Waals surface area contributed by atoms with E-state index in [0.717, 1.165) is 5.56 Å². The van der Waals surface area contributed by atoms with Crippen molar-refractivity contribution in [2.45, 2.75) is 6.92 Å². The molecule has 0 aromatic heterocycles. The molecule has 2 aromatic rings. The molecule has 0 aliphatic rings. The van der Waals surface area contributed by atoms with Crippen molar-refractivity contribution in [1.82, 2.24) is 0 Å². The summed E-state index contributed by atoms with van der Waals surface area (Å²) in [6.45, 7) is 1.90. The summed E-state index contributed by atoms with van der Waals surface area (Å²) in [6.07, 6.45) is 0. The molecule has 19 heavy (non-hydrogen) atoms. The van der Waals surface area contributed by atoms with Gasteiger partial charge in [0, 0.05) is 16.3 Å². The van der Waals surface area contributed by atoms with Crippen molar-refractivity contribution in [2.24, 2.45) is 0 Å². The normalized spacial score (nSPS) is 9.74. The molecule has 0 spiro atoms. The molecule has 0 unspecified atom stereocenters. The molecule has 0 saturated heterocycles. The molecule has 2 rings (SSSR count). The number of nitrogens with zero attached hydrogens (tertiary/aromatic N) is 1. The molecule has 0 atom stereocenters. The minimum absolute atomic E-state index is 0.232. The average molecular weight is 271 g/mol. The van der Waals surface area contributed by atoms with E-state index in [0.29, 0.717) is 21.8 Å². The highest BCUT2D eigenvalue weighted by atomic mass is 35.5. The molecule has 94 valence electrons. The van der Waals surface area contributed by atoms with Crippen LogP contribution in [0.1, 0.15) is 21.5 Å². The Morgan fingerprint density at radius 2 is 1.89 bits per heavy atom. The molecule has 4 heteroatoms. The Bertz CT molecular complexity index is 657. The molecule has 3 nitrogen and oxygen atoms in total. The maximum Gasteiger partial charge on any atom is 0.255 e. The fourth-order valence-electron chi connectivity index (χ4n) is 1.57. The Morgan fingerprint density at radius 3 is 2.47 bits per heavy atom. The Labute approximate surface area is 116 Å². The number of aryl methyl sites for hydroxylation is 1. The number of halogens is 1. The molecule has 0 aliphatic heterocycles. The summed E-state index contributed by atoms with van der Waals surface area (Å²) in [6, 6.07) is 13.8. The van der Waals surface area contributed by atoms with Crippen LogP contribution >= 0.6 is 11.6 Å². The first-order valence-electron chi connectivity index (χ1n) is 5.68. The highest BCUT2D eigenvalue weighted by Crippen LogP contribution is 2.20. The van der Waals surface area contributed by atoms with Crippen molar-refractivity contribution in [3.63, 3.8) is 0 Å². The van der Waals surface area contributed by atoms with Gasteiger partial charge in [-0.15, -0.1) is 0 Å². The molecule has 0 heterocycles. The van der Waals surface area contributed by atoms with Crippen molar-refractivity contribution in [1.29, 1.82) is 5.26 Å². The monoisotopic (exact) mass is 270 g/mol. The zero-order valence-electron chi connectivity index (χ0n) is 10.3. The van der Waals surface area contributed by atoms with E-state index in [1.807, 2.05) is 19.1 Å². The van der Waals surface area contributed by atoms with Crippen LogP contribution in [0.3, 0.4) is 0 Å². The summed E-state index contributed by atoms with van der Waals surface area (Å²) in [7, 11) is 0. The fourth-order valence-corrected chi connectivity index (χ4v) is 1.75. The number of benzene rings is 2. The zero-order valence-corrected chi connectivity index (χ0v) is 11.0. The number of rotatable bonds is 2. The third-order valence-electron chi connectivity index (χ3n) is 2.71. The second-order valence-electron chi connectivity index (χ2n) is 4.11. The van der Waals surface area contributed by atoms with Crippen molar-refractivity contribution in [2.75, 3.05) is 5.32 Å². The predicted molar refractivity (Wildman–Crippen MR) is 75.3 cm³/mol. The molecule has 1 N–H and O–H groups in total. The van der Waals surface area contributed by atoms with Crippen molar-refractivity contribution < 1.29 is 4.79 Å². The Hall–Kier alpha value is -2.31. The van der Waals surface area contributed by atoms with Crippen LogP contribution in [0, 0.1) is 18.3 Å².